The molecule has 1 saturated heterocycles. The zero-order valence-electron chi connectivity index (χ0n) is 10.2. The van der Waals surface area contributed by atoms with E-state index in [1.165, 1.54) is 6.33 Å². The number of hydrogen-bond acceptors (Lipinski definition) is 3. The Balaban J connectivity index is 2.06. The fourth-order valence-corrected chi connectivity index (χ4v) is 1.75. The summed E-state index contributed by atoms with van der Waals surface area (Å²) in [5.41, 5.74) is 2.71. The molecule has 1 fully saturated rings. The first kappa shape index (κ1) is 11.6. The van der Waals surface area contributed by atoms with E-state index in [-0.39, 0.29) is 5.91 Å². The molecule has 4 nitrogen and oxygen atoms in total. The van der Waals surface area contributed by atoms with Gasteiger partial charge >= 0.3 is 0 Å². The van der Waals surface area contributed by atoms with Gasteiger partial charge in [-0.25, -0.2) is 9.97 Å². The number of aromatic nitrogens is 2. The lowest BCUT2D eigenvalue weighted by Gasteiger charge is -2.09. The fraction of sp³-hybridized carbons (Fsp3) is 0.462. The number of amides is 1. The first-order valence-corrected chi connectivity index (χ1v) is 5.73. The average Bonchev–Trinajstić information content (AvgIpc) is 2.71. The Bertz CT molecular complexity index is 499. The van der Waals surface area contributed by atoms with E-state index in [2.05, 4.69) is 21.8 Å². The SMILES string of the molecule is Cc1ncnc(C#CCN2CCCC2=O)c1C. The predicted octanol–water partition coefficient (Wildman–Crippen LogP) is 1.07. The molecule has 0 saturated carbocycles. The van der Waals surface area contributed by atoms with Crippen molar-refractivity contribution in [2.75, 3.05) is 13.1 Å². The number of hydrogen-bond donors (Lipinski definition) is 0. The van der Waals surface area contributed by atoms with Crippen molar-refractivity contribution in [3.05, 3.63) is 23.3 Å². The van der Waals surface area contributed by atoms with Crippen LogP contribution in [0.1, 0.15) is 29.8 Å². The normalized spacial score (nSPS) is 14.7. The molecule has 2 rings (SSSR count). The van der Waals surface area contributed by atoms with E-state index in [0.717, 1.165) is 29.9 Å². The molecule has 1 aromatic rings. The molecule has 1 aromatic heterocycles. The molecule has 1 aliphatic rings. The summed E-state index contributed by atoms with van der Waals surface area (Å²) in [6, 6.07) is 0. The molecule has 17 heavy (non-hydrogen) atoms. The molecule has 0 aromatic carbocycles. The molecule has 2 heterocycles. The third kappa shape index (κ3) is 2.62. The van der Waals surface area contributed by atoms with Gasteiger partial charge in [0.05, 0.1) is 6.54 Å². The Morgan fingerprint density at radius 1 is 1.41 bits per heavy atom. The Morgan fingerprint density at radius 2 is 2.24 bits per heavy atom. The van der Waals surface area contributed by atoms with Crippen molar-refractivity contribution < 1.29 is 4.79 Å². The summed E-state index contributed by atoms with van der Waals surface area (Å²) in [6.45, 7) is 5.23. The second-order valence-corrected chi connectivity index (χ2v) is 4.15. The van der Waals surface area contributed by atoms with Gasteiger partial charge in [0.2, 0.25) is 5.91 Å². The summed E-state index contributed by atoms with van der Waals surface area (Å²) in [5, 5.41) is 0. The molecule has 0 N–H and O–H groups in total. The van der Waals surface area contributed by atoms with Gasteiger partial charge < -0.3 is 4.90 Å². The van der Waals surface area contributed by atoms with Crippen LogP contribution in [-0.2, 0) is 4.79 Å². The molecular weight excluding hydrogens is 214 g/mol. The minimum absolute atomic E-state index is 0.204. The second-order valence-electron chi connectivity index (χ2n) is 4.15. The fourth-order valence-electron chi connectivity index (χ4n) is 1.75. The highest BCUT2D eigenvalue weighted by Gasteiger charge is 2.18. The van der Waals surface area contributed by atoms with Crippen molar-refractivity contribution in [1.29, 1.82) is 0 Å². The highest BCUT2D eigenvalue weighted by molar-refractivity contribution is 5.78. The van der Waals surface area contributed by atoms with Gasteiger partial charge in [0.25, 0.3) is 0 Å². The molecule has 0 unspecified atom stereocenters. The quantitative estimate of drug-likeness (QED) is 0.677. The standard InChI is InChI=1S/C13H15N3O/c1-10-11(2)14-9-15-12(10)5-3-7-16-8-4-6-13(16)17/h9H,4,6-8H2,1-2H3. The van der Waals surface area contributed by atoms with Crippen molar-refractivity contribution >= 4 is 5.91 Å². The van der Waals surface area contributed by atoms with Crippen molar-refractivity contribution in [2.24, 2.45) is 0 Å². The van der Waals surface area contributed by atoms with Crippen LogP contribution >= 0.6 is 0 Å². The molecule has 4 heteroatoms. The molecule has 0 bridgehead atoms. The maximum Gasteiger partial charge on any atom is 0.223 e. The lowest BCUT2D eigenvalue weighted by atomic mass is 10.2. The van der Waals surface area contributed by atoms with Gasteiger partial charge in [-0.15, -0.1) is 0 Å². The van der Waals surface area contributed by atoms with Crippen LogP contribution in [-0.4, -0.2) is 33.9 Å². The lowest BCUT2D eigenvalue weighted by molar-refractivity contribution is -0.127. The summed E-state index contributed by atoms with van der Waals surface area (Å²) in [6.07, 6.45) is 3.13. The van der Waals surface area contributed by atoms with Crippen molar-refractivity contribution in [3.8, 4) is 11.8 Å². The van der Waals surface area contributed by atoms with Crippen LogP contribution in [0.4, 0.5) is 0 Å². The molecule has 1 amide bonds. The molecule has 88 valence electrons. The first-order valence-electron chi connectivity index (χ1n) is 5.73. The third-order valence-electron chi connectivity index (χ3n) is 2.98. The maximum absolute atomic E-state index is 11.4. The van der Waals surface area contributed by atoms with Crippen molar-refractivity contribution in [3.63, 3.8) is 0 Å². The molecule has 0 radical (unpaired) electrons. The Morgan fingerprint density at radius 3 is 2.94 bits per heavy atom. The van der Waals surface area contributed by atoms with Gasteiger partial charge in [-0.3, -0.25) is 4.79 Å². The predicted molar refractivity (Wildman–Crippen MR) is 64.2 cm³/mol. The van der Waals surface area contributed by atoms with Crippen LogP contribution < -0.4 is 0 Å². The summed E-state index contributed by atoms with van der Waals surface area (Å²) in [7, 11) is 0. The number of rotatable bonds is 1. The number of carbonyl (C=O) groups is 1. The monoisotopic (exact) mass is 229 g/mol. The van der Waals surface area contributed by atoms with Gasteiger partial charge in [0, 0.05) is 24.2 Å². The molecular formula is C13H15N3O. The maximum atomic E-state index is 11.4. The highest BCUT2D eigenvalue weighted by atomic mass is 16.2. The molecule has 1 aliphatic heterocycles. The van der Waals surface area contributed by atoms with Crippen LogP contribution in [0.5, 0.6) is 0 Å². The lowest BCUT2D eigenvalue weighted by Crippen LogP contribution is -2.24. The second kappa shape index (κ2) is 4.96. The minimum atomic E-state index is 0.204. The number of carbonyl (C=O) groups excluding carboxylic acids is 1. The van der Waals surface area contributed by atoms with Crippen LogP contribution in [0.15, 0.2) is 6.33 Å². The van der Waals surface area contributed by atoms with E-state index < -0.39 is 0 Å². The van der Waals surface area contributed by atoms with Crippen LogP contribution in [0.2, 0.25) is 0 Å². The zero-order valence-corrected chi connectivity index (χ0v) is 10.2. The van der Waals surface area contributed by atoms with Gasteiger partial charge in [0.1, 0.15) is 12.0 Å². The smallest absolute Gasteiger partial charge is 0.223 e. The van der Waals surface area contributed by atoms with E-state index >= 15 is 0 Å². The van der Waals surface area contributed by atoms with E-state index in [1.807, 2.05) is 13.8 Å². The largest absolute Gasteiger partial charge is 0.332 e. The molecule has 0 spiro atoms. The van der Waals surface area contributed by atoms with Gasteiger partial charge in [0.15, 0.2) is 0 Å². The Hall–Kier alpha value is -1.89. The number of aryl methyl sites for hydroxylation is 1. The summed E-state index contributed by atoms with van der Waals surface area (Å²) in [4.78, 5) is 21.4. The zero-order chi connectivity index (χ0) is 12.3. The van der Waals surface area contributed by atoms with E-state index in [1.54, 1.807) is 4.90 Å². The van der Waals surface area contributed by atoms with Gasteiger partial charge in [-0.05, 0) is 26.2 Å². The van der Waals surface area contributed by atoms with Crippen molar-refractivity contribution in [2.45, 2.75) is 26.7 Å². The molecule has 0 atom stereocenters. The van der Waals surface area contributed by atoms with E-state index in [4.69, 9.17) is 0 Å². The van der Waals surface area contributed by atoms with Crippen LogP contribution in [0, 0.1) is 25.7 Å². The third-order valence-corrected chi connectivity index (χ3v) is 2.98. The Kier molecular flexibility index (Phi) is 3.38. The topological polar surface area (TPSA) is 46.1 Å². The van der Waals surface area contributed by atoms with Crippen LogP contribution in [0.3, 0.4) is 0 Å². The number of likely N-dealkylation sites (tertiary alicyclic amines) is 1. The minimum Gasteiger partial charge on any atom is -0.332 e. The van der Waals surface area contributed by atoms with Crippen LogP contribution in [0.25, 0.3) is 0 Å². The first-order chi connectivity index (χ1) is 8.18. The van der Waals surface area contributed by atoms with E-state index in [9.17, 15) is 4.79 Å². The Labute approximate surface area is 101 Å². The average molecular weight is 229 g/mol. The van der Waals surface area contributed by atoms with Crippen molar-refractivity contribution in [1.82, 2.24) is 14.9 Å². The summed E-state index contributed by atoms with van der Waals surface area (Å²) < 4.78 is 0. The summed E-state index contributed by atoms with van der Waals surface area (Å²) in [5.74, 6) is 6.22. The number of nitrogens with zero attached hydrogens (tertiary/aromatic N) is 3. The van der Waals surface area contributed by atoms with E-state index in [0.29, 0.717) is 13.0 Å². The summed E-state index contributed by atoms with van der Waals surface area (Å²) >= 11 is 0. The highest BCUT2D eigenvalue weighted by Crippen LogP contribution is 2.08. The van der Waals surface area contributed by atoms with Gasteiger partial charge in [-0.2, -0.15) is 0 Å². The van der Waals surface area contributed by atoms with Gasteiger partial charge in [-0.1, -0.05) is 5.92 Å². The molecule has 0 aliphatic carbocycles.